The number of alkyl halides is 3. The number of ether oxygens (including phenoxy) is 1. The maximum absolute atomic E-state index is 12.8. The number of halogens is 3. The number of methoxy groups -OCH3 is 1. The SMILES string of the molecule is COc1ccc2c(=O)n(CC3CCN(c4ccc(C(F)(F)F)nc4)CC3)cnc2c1. The van der Waals surface area contributed by atoms with E-state index < -0.39 is 11.9 Å². The van der Waals surface area contributed by atoms with Crippen LogP contribution in [0.2, 0.25) is 0 Å². The van der Waals surface area contributed by atoms with E-state index in [0.29, 0.717) is 47.9 Å². The van der Waals surface area contributed by atoms with Gasteiger partial charge >= 0.3 is 6.18 Å². The van der Waals surface area contributed by atoms with E-state index in [9.17, 15) is 18.0 Å². The molecule has 6 nitrogen and oxygen atoms in total. The van der Waals surface area contributed by atoms with Crippen molar-refractivity contribution in [1.29, 1.82) is 0 Å². The van der Waals surface area contributed by atoms with Crippen LogP contribution in [0.1, 0.15) is 18.5 Å². The van der Waals surface area contributed by atoms with Crippen molar-refractivity contribution in [2.75, 3.05) is 25.1 Å². The molecule has 0 spiro atoms. The molecular formula is C21H21F3N4O2. The highest BCUT2D eigenvalue weighted by molar-refractivity contribution is 5.78. The Morgan fingerprint density at radius 3 is 2.53 bits per heavy atom. The monoisotopic (exact) mass is 418 g/mol. The van der Waals surface area contributed by atoms with Gasteiger partial charge in [-0.05, 0) is 43.0 Å². The molecule has 1 fully saturated rings. The van der Waals surface area contributed by atoms with Crippen LogP contribution < -0.4 is 15.2 Å². The second-order valence-electron chi connectivity index (χ2n) is 7.41. The molecule has 0 unspecified atom stereocenters. The number of hydrogen-bond donors (Lipinski definition) is 0. The molecule has 9 heteroatoms. The van der Waals surface area contributed by atoms with Gasteiger partial charge < -0.3 is 9.64 Å². The summed E-state index contributed by atoms with van der Waals surface area (Å²) in [7, 11) is 1.56. The van der Waals surface area contributed by atoms with Crippen LogP contribution in [-0.2, 0) is 12.7 Å². The van der Waals surface area contributed by atoms with Crippen molar-refractivity contribution in [3.8, 4) is 5.75 Å². The minimum absolute atomic E-state index is 0.0861. The zero-order chi connectivity index (χ0) is 21.3. The minimum Gasteiger partial charge on any atom is -0.497 e. The highest BCUT2D eigenvalue weighted by Crippen LogP contribution is 2.30. The lowest BCUT2D eigenvalue weighted by Crippen LogP contribution is -2.36. The Kier molecular flexibility index (Phi) is 5.36. The first-order chi connectivity index (χ1) is 14.3. The summed E-state index contributed by atoms with van der Waals surface area (Å²) in [6, 6.07) is 7.67. The van der Waals surface area contributed by atoms with Crippen LogP contribution >= 0.6 is 0 Å². The standard InChI is InChI=1S/C21H21F3N4O2/c1-30-16-3-4-17-18(10-16)26-13-28(20(17)29)12-14-6-8-27(9-7-14)15-2-5-19(25-11-15)21(22,23)24/h2-5,10-11,13-14H,6-9,12H2,1H3. The summed E-state index contributed by atoms with van der Waals surface area (Å²) in [5.74, 6) is 0.941. The second kappa shape index (κ2) is 7.97. The number of hydrogen-bond acceptors (Lipinski definition) is 5. The van der Waals surface area contributed by atoms with Crippen molar-refractivity contribution >= 4 is 16.6 Å². The zero-order valence-corrected chi connectivity index (χ0v) is 16.4. The van der Waals surface area contributed by atoms with E-state index in [1.807, 2.05) is 4.90 Å². The number of benzene rings is 1. The molecule has 3 aromatic rings. The van der Waals surface area contributed by atoms with E-state index >= 15 is 0 Å². The minimum atomic E-state index is -4.43. The fraction of sp³-hybridized carbons (Fsp3) is 0.381. The fourth-order valence-electron chi connectivity index (χ4n) is 3.79. The third-order valence-electron chi connectivity index (χ3n) is 5.51. The van der Waals surface area contributed by atoms with Gasteiger partial charge in [-0.2, -0.15) is 13.2 Å². The Bertz CT molecular complexity index is 1090. The van der Waals surface area contributed by atoms with Gasteiger partial charge in [0, 0.05) is 25.7 Å². The third-order valence-corrected chi connectivity index (χ3v) is 5.51. The lowest BCUT2D eigenvalue weighted by molar-refractivity contribution is -0.141. The molecule has 0 saturated carbocycles. The smallest absolute Gasteiger partial charge is 0.433 e. The van der Waals surface area contributed by atoms with Gasteiger partial charge in [-0.3, -0.25) is 9.36 Å². The molecule has 4 rings (SSSR count). The lowest BCUT2D eigenvalue weighted by atomic mass is 9.96. The molecule has 2 aromatic heterocycles. The quantitative estimate of drug-likeness (QED) is 0.646. The van der Waals surface area contributed by atoms with Crippen LogP contribution in [0.4, 0.5) is 18.9 Å². The normalized spacial score (nSPS) is 15.5. The van der Waals surface area contributed by atoms with E-state index in [1.54, 1.807) is 36.2 Å². The van der Waals surface area contributed by atoms with Crippen LogP contribution in [0.3, 0.4) is 0 Å². The van der Waals surface area contributed by atoms with Crippen LogP contribution in [0, 0.1) is 5.92 Å². The number of pyridine rings is 1. The van der Waals surface area contributed by atoms with Crippen LogP contribution in [0.15, 0.2) is 47.7 Å². The van der Waals surface area contributed by atoms with Gasteiger partial charge in [0.25, 0.3) is 5.56 Å². The van der Waals surface area contributed by atoms with Gasteiger partial charge in [0.15, 0.2) is 0 Å². The van der Waals surface area contributed by atoms with Crippen molar-refractivity contribution in [3.63, 3.8) is 0 Å². The van der Waals surface area contributed by atoms with Crippen molar-refractivity contribution in [2.24, 2.45) is 5.92 Å². The first-order valence-electron chi connectivity index (χ1n) is 9.66. The topological polar surface area (TPSA) is 60.2 Å². The van der Waals surface area contributed by atoms with Gasteiger partial charge in [0.05, 0.1) is 36.2 Å². The Hall–Kier alpha value is -3.10. The molecule has 158 valence electrons. The van der Waals surface area contributed by atoms with Gasteiger partial charge in [0.1, 0.15) is 11.4 Å². The van der Waals surface area contributed by atoms with Crippen LogP contribution in [0.25, 0.3) is 10.9 Å². The van der Waals surface area contributed by atoms with Gasteiger partial charge in [0.2, 0.25) is 0 Å². The molecule has 1 aromatic carbocycles. The summed E-state index contributed by atoms with van der Waals surface area (Å²) in [6.45, 7) is 1.96. The summed E-state index contributed by atoms with van der Waals surface area (Å²) in [6.07, 6.45) is 0.0610. The first kappa shape index (κ1) is 20.2. The van der Waals surface area contributed by atoms with Crippen molar-refractivity contribution in [1.82, 2.24) is 14.5 Å². The highest BCUT2D eigenvalue weighted by atomic mass is 19.4. The zero-order valence-electron chi connectivity index (χ0n) is 16.4. The van der Waals surface area contributed by atoms with Crippen molar-refractivity contribution in [2.45, 2.75) is 25.6 Å². The molecule has 3 heterocycles. The maximum atomic E-state index is 12.8. The van der Waals surface area contributed by atoms with Gasteiger partial charge in [-0.25, -0.2) is 9.97 Å². The molecule has 1 aliphatic heterocycles. The summed E-state index contributed by atoms with van der Waals surface area (Å²) in [5.41, 5.74) is 0.305. The van der Waals surface area contributed by atoms with Crippen LogP contribution in [-0.4, -0.2) is 34.7 Å². The van der Waals surface area contributed by atoms with E-state index in [4.69, 9.17) is 4.74 Å². The Labute approximate surface area is 170 Å². The largest absolute Gasteiger partial charge is 0.497 e. The molecule has 0 amide bonds. The van der Waals surface area contributed by atoms with E-state index in [-0.39, 0.29) is 5.56 Å². The predicted octanol–water partition coefficient (Wildman–Crippen LogP) is 3.74. The second-order valence-corrected chi connectivity index (χ2v) is 7.41. The molecule has 0 bridgehead atoms. The average Bonchev–Trinajstić information content (AvgIpc) is 2.75. The molecule has 30 heavy (non-hydrogen) atoms. The summed E-state index contributed by atoms with van der Waals surface area (Å²) in [4.78, 5) is 22.7. The summed E-state index contributed by atoms with van der Waals surface area (Å²) in [5, 5.41) is 0.548. The van der Waals surface area contributed by atoms with Crippen molar-refractivity contribution < 1.29 is 17.9 Å². The van der Waals surface area contributed by atoms with Crippen molar-refractivity contribution in [3.05, 3.63) is 58.9 Å². The van der Waals surface area contributed by atoms with E-state index in [2.05, 4.69) is 9.97 Å². The summed E-state index contributed by atoms with van der Waals surface area (Å²) < 4.78 is 44.8. The fourth-order valence-corrected chi connectivity index (χ4v) is 3.79. The lowest BCUT2D eigenvalue weighted by Gasteiger charge is -2.33. The molecule has 0 N–H and O–H groups in total. The first-order valence-corrected chi connectivity index (χ1v) is 9.66. The third kappa shape index (κ3) is 4.10. The summed E-state index contributed by atoms with van der Waals surface area (Å²) >= 11 is 0. The maximum Gasteiger partial charge on any atom is 0.433 e. The number of anilines is 1. The Morgan fingerprint density at radius 2 is 1.90 bits per heavy atom. The number of nitrogens with zero attached hydrogens (tertiary/aromatic N) is 4. The average molecular weight is 418 g/mol. The molecular weight excluding hydrogens is 397 g/mol. The number of piperidine rings is 1. The molecule has 0 radical (unpaired) electrons. The van der Waals surface area contributed by atoms with E-state index in [1.165, 1.54) is 12.3 Å². The predicted molar refractivity (Wildman–Crippen MR) is 107 cm³/mol. The number of aromatic nitrogens is 3. The van der Waals surface area contributed by atoms with Crippen LogP contribution in [0.5, 0.6) is 5.75 Å². The van der Waals surface area contributed by atoms with Gasteiger partial charge in [-0.15, -0.1) is 0 Å². The Balaban J connectivity index is 1.41. The number of fused-ring (bicyclic) bond motifs is 1. The Morgan fingerprint density at radius 1 is 1.13 bits per heavy atom. The molecule has 0 atom stereocenters. The number of rotatable bonds is 4. The van der Waals surface area contributed by atoms with Gasteiger partial charge in [-0.1, -0.05) is 0 Å². The molecule has 1 saturated heterocycles. The molecule has 1 aliphatic rings. The highest BCUT2D eigenvalue weighted by Gasteiger charge is 2.32. The molecule has 0 aliphatic carbocycles. The van der Waals surface area contributed by atoms with E-state index in [0.717, 1.165) is 18.9 Å².